The highest BCUT2D eigenvalue weighted by atomic mass is 16.4. The fourth-order valence-corrected chi connectivity index (χ4v) is 0.939. The van der Waals surface area contributed by atoms with Crippen LogP contribution in [0.3, 0.4) is 0 Å². The Hall–Kier alpha value is -0.650. The lowest BCUT2D eigenvalue weighted by atomic mass is 10.3. The van der Waals surface area contributed by atoms with Crippen molar-refractivity contribution in [3.8, 4) is 0 Å². The van der Waals surface area contributed by atoms with Crippen LogP contribution in [-0.2, 0) is 4.79 Å². The van der Waals surface area contributed by atoms with Gasteiger partial charge in [-0.3, -0.25) is 4.79 Å². The molecule has 0 aromatic heterocycles. The molecule has 12 heavy (non-hydrogen) atoms. The lowest BCUT2D eigenvalue weighted by Gasteiger charge is -2.19. The van der Waals surface area contributed by atoms with Gasteiger partial charge < -0.3 is 20.8 Å². The van der Waals surface area contributed by atoms with Crippen molar-refractivity contribution < 1.29 is 15.0 Å². The zero-order valence-corrected chi connectivity index (χ0v) is 7.40. The summed E-state index contributed by atoms with van der Waals surface area (Å²) in [5, 5.41) is 17.4. The fourth-order valence-electron chi connectivity index (χ4n) is 0.939. The van der Waals surface area contributed by atoms with Crippen LogP contribution in [0, 0.1) is 0 Å². The number of carboxylic acid groups (broad SMARTS) is 1. The van der Waals surface area contributed by atoms with Crippen LogP contribution in [0.15, 0.2) is 0 Å². The van der Waals surface area contributed by atoms with Crippen LogP contribution < -0.4 is 5.73 Å². The molecule has 0 bridgehead atoms. The van der Waals surface area contributed by atoms with Crippen LogP contribution in [0.2, 0.25) is 0 Å². The molecule has 0 saturated carbocycles. The van der Waals surface area contributed by atoms with Gasteiger partial charge in [-0.25, -0.2) is 0 Å². The van der Waals surface area contributed by atoms with Gasteiger partial charge in [0, 0.05) is 13.1 Å². The predicted molar refractivity (Wildman–Crippen MR) is 44.8 cm³/mol. The molecule has 0 saturated heterocycles. The molecule has 0 aliphatic heterocycles. The van der Waals surface area contributed by atoms with Gasteiger partial charge >= 0.3 is 5.97 Å². The highest BCUT2D eigenvalue weighted by Crippen LogP contribution is 1.90. The predicted octanol–water partition coefficient (Wildman–Crippen LogP) is -1.29. The third-order valence-electron chi connectivity index (χ3n) is 1.40. The molecule has 0 fully saturated rings. The van der Waals surface area contributed by atoms with E-state index in [1.165, 1.54) is 0 Å². The largest absolute Gasteiger partial charge is 0.480 e. The summed E-state index contributed by atoms with van der Waals surface area (Å²) < 4.78 is 0. The Bertz CT molecular complexity index is 150. The van der Waals surface area contributed by atoms with Crippen molar-refractivity contribution in [3.05, 3.63) is 0 Å². The van der Waals surface area contributed by atoms with Gasteiger partial charge in [-0.2, -0.15) is 0 Å². The number of carbonyl (C=O) groups is 1. The van der Waals surface area contributed by atoms with Crippen LogP contribution >= 0.6 is 0 Å². The van der Waals surface area contributed by atoms with Gasteiger partial charge in [0.25, 0.3) is 0 Å². The Balaban J connectivity index is 3.68. The standard InChI is InChI=1S/C7H16N2O3/c1-5(10)3-9(2)4-6(8)7(11)12/h5-6,10H,3-4,8H2,1-2H3,(H,11,12). The van der Waals surface area contributed by atoms with E-state index in [1.807, 2.05) is 0 Å². The molecule has 4 N–H and O–H groups in total. The third kappa shape index (κ3) is 5.06. The number of hydrogen-bond donors (Lipinski definition) is 3. The Morgan fingerprint density at radius 1 is 1.58 bits per heavy atom. The summed E-state index contributed by atoms with van der Waals surface area (Å²) >= 11 is 0. The van der Waals surface area contributed by atoms with Crippen molar-refractivity contribution in [1.82, 2.24) is 4.90 Å². The topological polar surface area (TPSA) is 86.8 Å². The molecule has 0 spiro atoms. The average molecular weight is 176 g/mol. The van der Waals surface area contributed by atoms with Crippen LogP contribution in [0.25, 0.3) is 0 Å². The summed E-state index contributed by atoms with van der Waals surface area (Å²) in [7, 11) is 1.72. The molecule has 5 heteroatoms. The molecule has 5 nitrogen and oxygen atoms in total. The van der Waals surface area contributed by atoms with E-state index in [-0.39, 0.29) is 6.54 Å². The summed E-state index contributed by atoms with van der Waals surface area (Å²) in [6, 6.07) is -0.881. The van der Waals surface area contributed by atoms with Gasteiger partial charge in [-0.05, 0) is 14.0 Å². The first-order chi connectivity index (χ1) is 5.43. The number of nitrogens with two attached hydrogens (primary N) is 1. The van der Waals surface area contributed by atoms with Crippen molar-refractivity contribution >= 4 is 5.97 Å². The van der Waals surface area contributed by atoms with Gasteiger partial charge in [-0.15, -0.1) is 0 Å². The Morgan fingerprint density at radius 3 is 2.42 bits per heavy atom. The number of hydrogen-bond acceptors (Lipinski definition) is 4. The number of nitrogens with zero attached hydrogens (tertiary/aromatic N) is 1. The molecule has 2 unspecified atom stereocenters. The van der Waals surface area contributed by atoms with Gasteiger partial charge in [0.15, 0.2) is 0 Å². The molecule has 0 aromatic rings. The molecule has 0 heterocycles. The molecule has 0 rings (SSSR count). The quantitative estimate of drug-likeness (QED) is 0.485. The monoisotopic (exact) mass is 176 g/mol. The van der Waals surface area contributed by atoms with Crippen molar-refractivity contribution in [2.45, 2.75) is 19.1 Å². The van der Waals surface area contributed by atoms with E-state index in [2.05, 4.69) is 0 Å². The number of likely N-dealkylation sites (N-methyl/N-ethyl adjacent to an activating group) is 1. The molecule has 0 aliphatic rings. The Morgan fingerprint density at radius 2 is 2.08 bits per heavy atom. The minimum absolute atomic E-state index is 0.250. The molecule has 72 valence electrons. The molecular weight excluding hydrogens is 160 g/mol. The van der Waals surface area contributed by atoms with Crippen molar-refractivity contribution in [3.63, 3.8) is 0 Å². The van der Waals surface area contributed by atoms with Gasteiger partial charge in [0.05, 0.1) is 6.10 Å². The maximum atomic E-state index is 10.3. The van der Waals surface area contributed by atoms with E-state index < -0.39 is 18.1 Å². The smallest absolute Gasteiger partial charge is 0.321 e. The Labute approximate surface area is 71.8 Å². The summed E-state index contributed by atoms with van der Waals surface area (Å²) in [6.07, 6.45) is -0.462. The van der Waals surface area contributed by atoms with E-state index in [1.54, 1.807) is 18.9 Å². The third-order valence-corrected chi connectivity index (χ3v) is 1.40. The second kappa shape index (κ2) is 5.08. The summed E-state index contributed by atoms with van der Waals surface area (Å²) in [4.78, 5) is 12.0. The van der Waals surface area contributed by atoms with Gasteiger partial charge in [0.1, 0.15) is 6.04 Å². The number of aliphatic carboxylic acids is 1. The van der Waals surface area contributed by atoms with Gasteiger partial charge in [-0.1, -0.05) is 0 Å². The average Bonchev–Trinajstić information content (AvgIpc) is 1.84. The molecule has 0 amide bonds. The fraction of sp³-hybridized carbons (Fsp3) is 0.857. The first-order valence-electron chi connectivity index (χ1n) is 3.78. The number of aliphatic hydroxyl groups excluding tert-OH is 1. The SMILES string of the molecule is CC(O)CN(C)CC(N)C(=O)O. The minimum Gasteiger partial charge on any atom is -0.480 e. The maximum absolute atomic E-state index is 10.3. The highest BCUT2D eigenvalue weighted by molar-refractivity contribution is 5.73. The second-order valence-electron chi connectivity index (χ2n) is 3.01. The van der Waals surface area contributed by atoms with E-state index in [4.69, 9.17) is 15.9 Å². The molecule has 0 aromatic carbocycles. The Kier molecular flexibility index (Phi) is 4.80. The molecule has 0 aliphatic carbocycles. The van der Waals surface area contributed by atoms with E-state index in [0.29, 0.717) is 6.54 Å². The normalized spacial score (nSPS) is 16.1. The molecular formula is C7H16N2O3. The first kappa shape index (κ1) is 11.4. The van der Waals surface area contributed by atoms with E-state index >= 15 is 0 Å². The number of aliphatic hydroxyl groups is 1. The van der Waals surface area contributed by atoms with E-state index in [0.717, 1.165) is 0 Å². The lowest BCUT2D eigenvalue weighted by molar-refractivity contribution is -0.139. The van der Waals surface area contributed by atoms with E-state index in [9.17, 15) is 4.79 Å². The molecule has 2 atom stereocenters. The van der Waals surface area contributed by atoms with Crippen LogP contribution in [0.1, 0.15) is 6.92 Å². The minimum atomic E-state index is -1.02. The van der Waals surface area contributed by atoms with Gasteiger partial charge in [0.2, 0.25) is 0 Å². The van der Waals surface area contributed by atoms with Crippen LogP contribution in [0.4, 0.5) is 0 Å². The maximum Gasteiger partial charge on any atom is 0.321 e. The first-order valence-corrected chi connectivity index (χ1v) is 3.78. The lowest BCUT2D eigenvalue weighted by Crippen LogP contribution is -2.43. The summed E-state index contributed by atoms with van der Waals surface area (Å²) in [6.45, 7) is 2.32. The van der Waals surface area contributed by atoms with Crippen LogP contribution in [-0.4, -0.2) is 53.4 Å². The van der Waals surface area contributed by atoms with Crippen LogP contribution in [0.5, 0.6) is 0 Å². The second-order valence-corrected chi connectivity index (χ2v) is 3.01. The number of carboxylic acids is 1. The zero-order chi connectivity index (χ0) is 9.72. The molecule has 0 radical (unpaired) electrons. The van der Waals surface area contributed by atoms with Crippen molar-refractivity contribution in [2.24, 2.45) is 5.73 Å². The van der Waals surface area contributed by atoms with Crippen molar-refractivity contribution in [2.75, 3.05) is 20.1 Å². The summed E-state index contributed by atoms with van der Waals surface area (Å²) in [5.41, 5.74) is 5.27. The summed E-state index contributed by atoms with van der Waals surface area (Å²) in [5.74, 6) is -1.02. The highest BCUT2D eigenvalue weighted by Gasteiger charge is 2.14. The van der Waals surface area contributed by atoms with Crippen molar-refractivity contribution in [1.29, 1.82) is 0 Å². The number of rotatable bonds is 5. The zero-order valence-electron chi connectivity index (χ0n) is 7.40.